The van der Waals surface area contributed by atoms with Crippen LogP contribution in [0.15, 0.2) is 12.0 Å². The summed E-state index contributed by atoms with van der Waals surface area (Å²) >= 11 is 0. The van der Waals surface area contributed by atoms with Crippen LogP contribution in [0.3, 0.4) is 0 Å². The molecule has 0 atom stereocenters. The molecule has 1 fully saturated rings. The van der Waals surface area contributed by atoms with Gasteiger partial charge in [-0.25, -0.2) is 0 Å². The average Bonchev–Trinajstić information content (AvgIpc) is 2.31. The van der Waals surface area contributed by atoms with Crippen molar-refractivity contribution in [1.29, 1.82) is 0 Å². The average molecular weight is 199 g/mol. The van der Waals surface area contributed by atoms with Crippen LogP contribution in [0.5, 0.6) is 0 Å². The lowest BCUT2D eigenvalue weighted by Gasteiger charge is -2.15. The first-order chi connectivity index (χ1) is 6.68. The van der Waals surface area contributed by atoms with Gasteiger partial charge in [0.25, 0.3) is 6.20 Å². The zero-order chi connectivity index (χ0) is 10.4. The fourth-order valence-corrected chi connectivity index (χ4v) is 1.81. The Bertz CT molecular complexity index is 220. The number of hydrogen-bond donors (Lipinski definition) is 2. The zero-order valence-corrected chi connectivity index (χ0v) is 8.24. The van der Waals surface area contributed by atoms with E-state index in [2.05, 4.69) is 5.32 Å². The van der Waals surface area contributed by atoms with Crippen LogP contribution in [0, 0.1) is 10.1 Å². The van der Waals surface area contributed by atoms with E-state index in [0.717, 1.165) is 19.0 Å². The fourth-order valence-electron chi connectivity index (χ4n) is 1.81. The van der Waals surface area contributed by atoms with E-state index >= 15 is 0 Å². The first-order valence-corrected chi connectivity index (χ1v) is 5.06. The van der Waals surface area contributed by atoms with Crippen LogP contribution in [-0.2, 0) is 0 Å². The van der Waals surface area contributed by atoms with E-state index < -0.39 is 4.92 Å². The molecule has 0 bridgehead atoms. The molecule has 0 aliphatic heterocycles. The van der Waals surface area contributed by atoms with Gasteiger partial charge in [0.15, 0.2) is 5.82 Å². The smallest absolute Gasteiger partial charge is 0.273 e. The lowest BCUT2D eigenvalue weighted by Crippen LogP contribution is -2.32. The molecule has 0 unspecified atom stereocenters. The molecule has 14 heavy (non-hydrogen) atoms. The molecule has 0 aromatic carbocycles. The number of nitrogens with two attached hydrogens (primary N) is 1. The maximum Gasteiger partial charge on any atom is 0.273 e. The first-order valence-electron chi connectivity index (χ1n) is 5.06. The van der Waals surface area contributed by atoms with Crippen molar-refractivity contribution in [3.05, 3.63) is 22.1 Å². The van der Waals surface area contributed by atoms with Crippen LogP contribution in [0.1, 0.15) is 38.5 Å². The Balaban J connectivity index is 2.37. The number of hydrogen-bond acceptors (Lipinski definition) is 4. The number of nitro groups is 1. The van der Waals surface area contributed by atoms with Crippen LogP contribution >= 0.6 is 0 Å². The van der Waals surface area contributed by atoms with Crippen molar-refractivity contribution in [2.75, 3.05) is 0 Å². The van der Waals surface area contributed by atoms with Crippen LogP contribution in [0.4, 0.5) is 0 Å². The minimum Gasteiger partial charge on any atom is -0.380 e. The van der Waals surface area contributed by atoms with Gasteiger partial charge in [-0.05, 0) is 12.8 Å². The SMILES string of the molecule is NC(=C[N+](=O)[O-])NC1CCCCCC1. The monoisotopic (exact) mass is 199 g/mol. The van der Waals surface area contributed by atoms with E-state index in [4.69, 9.17) is 5.73 Å². The highest BCUT2D eigenvalue weighted by Gasteiger charge is 2.12. The summed E-state index contributed by atoms with van der Waals surface area (Å²) in [5.41, 5.74) is 5.46. The zero-order valence-electron chi connectivity index (χ0n) is 8.24. The van der Waals surface area contributed by atoms with E-state index in [1.807, 2.05) is 0 Å². The molecule has 5 heteroatoms. The Labute approximate surface area is 83.5 Å². The number of nitrogens with zero attached hydrogens (tertiary/aromatic N) is 1. The van der Waals surface area contributed by atoms with Gasteiger partial charge in [-0.1, -0.05) is 25.7 Å². The molecule has 1 aliphatic rings. The van der Waals surface area contributed by atoms with Crippen LogP contribution in [-0.4, -0.2) is 11.0 Å². The third kappa shape index (κ3) is 4.11. The standard InChI is InChI=1S/C9H17N3O2/c10-9(7-12(13)14)11-8-5-3-1-2-4-6-8/h7-8,11H,1-6,10H2. The van der Waals surface area contributed by atoms with E-state index in [1.165, 1.54) is 25.7 Å². The Morgan fingerprint density at radius 3 is 2.43 bits per heavy atom. The number of rotatable bonds is 3. The Morgan fingerprint density at radius 2 is 1.93 bits per heavy atom. The second-order valence-electron chi connectivity index (χ2n) is 3.70. The first kappa shape index (κ1) is 10.8. The van der Waals surface area contributed by atoms with Gasteiger partial charge in [-0.3, -0.25) is 10.1 Å². The van der Waals surface area contributed by atoms with E-state index in [9.17, 15) is 10.1 Å². The van der Waals surface area contributed by atoms with Crippen LogP contribution in [0.2, 0.25) is 0 Å². The maximum atomic E-state index is 10.1. The molecule has 0 saturated heterocycles. The molecular formula is C9H17N3O2. The van der Waals surface area contributed by atoms with Gasteiger partial charge in [0.05, 0.1) is 4.92 Å². The predicted molar refractivity (Wildman–Crippen MR) is 53.9 cm³/mol. The Morgan fingerprint density at radius 1 is 1.36 bits per heavy atom. The largest absolute Gasteiger partial charge is 0.380 e. The summed E-state index contributed by atoms with van der Waals surface area (Å²) in [5, 5.41) is 13.1. The second kappa shape index (κ2) is 5.47. The highest BCUT2D eigenvalue weighted by molar-refractivity contribution is 4.91. The molecule has 0 spiro atoms. The van der Waals surface area contributed by atoms with Crippen molar-refractivity contribution in [1.82, 2.24) is 5.32 Å². The molecule has 0 amide bonds. The van der Waals surface area contributed by atoms with Crippen molar-refractivity contribution < 1.29 is 4.92 Å². The van der Waals surface area contributed by atoms with Gasteiger partial charge >= 0.3 is 0 Å². The van der Waals surface area contributed by atoms with Crippen molar-refractivity contribution in [2.45, 2.75) is 44.6 Å². The summed E-state index contributed by atoms with van der Waals surface area (Å²) in [5.74, 6) is 0.168. The fraction of sp³-hybridized carbons (Fsp3) is 0.778. The van der Waals surface area contributed by atoms with E-state index in [0.29, 0.717) is 6.04 Å². The Hall–Kier alpha value is -1.26. The molecule has 0 aromatic rings. The Kier molecular flexibility index (Phi) is 4.22. The normalized spacial score (nSPS) is 20.1. The summed E-state index contributed by atoms with van der Waals surface area (Å²) < 4.78 is 0. The van der Waals surface area contributed by atoms with Gasteiger partial charge in [0, 0.05) is 6.04 Å². The van der Waals surface area contributed by atoms with Crippen molar-refractivity contribution in [2.24, 2.45) is 5.73 Å². The van der Waals surface area contributed by atoms with Crippen LogP contribution in [0.25, 0.3) is 0 Å². The minimum atomic E-state index is -0.529. The van der Waals surface area contributed by atoms with Gasteiger partial charge in [-0.2, -0.15) is 0 Å². The van der Waals surface area contributed by atoms with Crippen molar-refractivity contribution in [3.8, 4) is 0 Å². The van der Waals surface area contributed by atoms with Gasteiger partial charge in [0.2, 0.25) is 0 Å². The molecule has 1 rings (SSSR count). The molecular weight excluding hydrogens is 182 g/mol. The molecule has 0 aromatic heterocycles. The quantitative estimate of drug-likeness (QED) is 0.408. The lowest BCUT2D eigenvalue weighted by molar-refractivity contribution is -0.403. The maximum absolute atomic E-state index is 10.1. The van der Waals surface area contributed by atoms with Crippen molar-refractivity contribution in [3.63, 3.8) is 0 Å². The highest BCUT2D eigenvalue weighted by atomic mass is 16.6. The molecule has 1 aliphatic carbocycles. The minimum absolute atomic E-state index is 0.168. The van der Waals surface area contributed by atoms with Gasteiger partial charge in [0.1, 0.15) is 0 Å². The molecule has 3 N–H and O–H groups in total. The predicted octanol–water partition coefficient (Wildman–Crippen LogP) is 1.33. The molecule has 0 heterocycles. The molecule has 0 radical (unpaired) electrons. The third-order valence-corrected chi connectivity index (χ3v) is 2.47. The second-order valence-corrected chi connectivity index (χ2v) is 3.70. The van der Waals surface area contributed by atoms with E-state index in [-0.39, 0.29) is 5.82 Å². The van der Waals surface area contributed by atoms with Crippen LogP contribution < -0.4 is 11.1 Å². The number of nitrogens with one attached hydrogen (secondary N) is 1. The molecule has 1 saturated carbocycles. The lowest BCUT2D eigenvalue weighted by atomic mass is 10.1. The summed E-state index contributed by atoms with van der Waals surface area (Å²) in [4.78, 5) is 9.60. The summed E-state index contributed by atoms with van der Waals surface area (Å²) in [7, 11) is 0. The molecule has 5 nitrogen and oxygen atoms in total. The van der Waals surface area contributed by atoms with Crippen molar-refractivity contribution >= 4 is 0 Å². The summed E-state index contributed by atoms with van der Waals surface area (Å²) in [6.07, 6.45) is 7.84. The summed E-state index contributed by atoms with van der Waals surface area (Å²) in [6.45, 7) is 0. The molecule has 80 valence electrons. The van der Waals surface area contributed by atoms with Gasteiger partial charge < -0.3 is 11.1 Å². The van der Waals surface area contributed by atoms with Gasteiger partial charge in [-0.15, -0.1) is 0 Å². The van der Waals surface area contributed by atoms with E-state index in [1.54, 1.807) is 0 Å². The highest BCUT2D eigenvalue weighted by Crippen LogP contribution is 2.17. The topological polar surface area (TPSA) is 81.2 Å². The summed E-state index contributed by atoms with van der Waals surface area (Å²) in [6, 6.07) is 0.314. The third-order valence-electron chi connectivity index (χ3n) is 2.47.